The largest absolute Gasteiger partial charge is 0.396 e. The summed E-state index contributed by atoms with van der Waals surface area (Å²) in [6.45, 7) is 6.36. The van der Waals surface area contributed by atoms with E-state index in [1.165, 1.54) is 0 Å². The maximum absolute atomic E-state index is 12.6. The van der Waals surface area contributed by atoms with Gasteiger partial charge in [0.25, 0.3) is 5.91 Å². The fourth-order valence-corrected chi connectivity index (χ4v) is 5.41. The van der Waals surface area contributed by atoms with Crippen LogP contribution < -0.4 is 15.5 Å². The van der Waals surface area contributed by atoms with Crippen molar-refractivity contribution in [1.29, 1.82) is 0 Å². The Balaban J connectivity index is 1.33. The van der Waals surface area contributed by atoms with Gasteiger partial charge in [0.2, 0.25) is 0 Å². The average molecular weight is 505 g/mol. The highest BCUT2D eigenvalue weighted by Gasteiger charge is 2.26. The zero-order valence-electron chi connectivity index (χ0n) is 21.4. The predicted molar refractivity (Wildman–Crippen MR) is 143 cm³/mol. The Morgan fingerprint density at radius 2 is 1.97 bits per heavy atom. The number of fused-ring (bicyclic) bond motifs is 1. The zero-order chi connectivity index (χ0) is 25.4. The second kappa shape index (κ2) is 10.3. The molecular formula is C28H36N6O3. The van der Waals surface area contributed by atoms with Crippen LogP contribution in [0.4, 0.5) is 11.6 Å². The van der Waals surface area contributed by atoms with Gasteiger partial charge in [-0.3, -0.25) is 4.79 Å². The van der Waals surface area contributed by atoms with Crippen LogP contribution in [0.1, 0.15) is 48.0 Å². The quantitative estimate of drug-likeness (QED) is 0.433. The summed E-state index contributed by atoms with van der Waals surface area (Å²) in [4.78, 5) is 20.0. The highest BCUT2D eigenvalue weighted by molar-refractivity contribution is 5.97. The number of rotatable bonds is 8. The molecule has 9 nitrogen and oxygen atoms in total. The molecule has 1 aliphatic carbocycles. The van der Waals surface area contributed by atoms with Gasteiger partial charge in [-0.25, -0.2) is 4.98 Å². The molecule has 0 bridgehead atoms. The van der Waals surface area contributed by atoms with E-state index in [1.54, 1.807) is 0 Å². The Labute approximate surface area is 217 Å². The average Bonchev–Trinajstić information content (AvgIpc) is 3.42. The van der Waals surface area contributed by atoms with E-state index in [0.29, 0.717) is 17.5 Å². The first-order valence-electron chi connectivity index (χ1n) is 13.6. The number of hydrogen-bond donors (Lipinski definition) is 3. The van der Waals surface area contributed by atoms with Crippen LogP contribution in [0.3, 0.4) is 0 Å². The molecule has 1 amide bonds. The summed E-state index contributed by atoms with van der Waals surface area (Å²) in [6.07, 6.45) is 7.08. The van der Waals surface area contributed by atoms with E-state index in [9.17, 15) is 9.90 Å². The fraction of sp³-hybridized carbons (Fsp3) is 0.536. The number of aryl methyl sites for hydroxylation is 1. The SMILES string of the molecule is Cc1cc(-c2cnn3c(NCC4CCOCC4)cc(N4CC[C@H](CO)C4)nc23)ccc1C(=O)NC1CC1. The summed E-state index contributed by atoms with van der Waals surface area (Å²) in [6, 6.07) is 8.37. The number of anilines is 2. The monoisotopic (exact) mass is 504 g/mol. The van der Waals surface area contributed by atoms with Gasteiger partial charge in [0, 0.05) is 68.6 Å². The third kappa shape index (κ3) is 5.15. The molecule has 2 aliphatic heterocycles. The van der Waals surface area contributed by atoms with Crippen molar-refractivity contribution in [1.82, 2.24) is 19.9 Å². The lowest BCUT2D eigenvalue weighted by Gasteiger charge is -2.24. The molecular weight excluding hydrogens is 468 g/mol. The van der Waals surface area contributed by atoms with Crippen LogP contribution in [-0.4, -0.2) is 71.1 Å². The summed E-state index contributed by atoms with van der Waals surface area (Å²) >= 11 is 0. The minimum Gasteiger partial charge on any atom is -0.396 e. The van der Waals surface area contributed by atoms with Crippen LogP contribution in [0, 0.1) is 18.8 Å². The van der Waals surface area contributed by atoms with E-state index >= 15 is 0 Å². The number of amides is 1. The third-order valence-corrected chi connectivity index (χ3v) is 7.93. The van der Waals surface area contributed by atoms with E-state index in [2.05, 4.69) is 27.7 Å². The van der Waals surface area contributed by atoms with Crippen molar-refractivity contribution in [3.63, 3.8) is 0 Å². The van der Waals surface area contributed by atoms with Gasteiger partial charge >= 0.3 is 0 Å². The number of hydrogen-bond acceptors (Lipinski definition) is 7. The zero-order valence-corrected chi connectivity index (χ0v) is 21.4. The van der Waals surface area contributed by atoms with Crippen LogP contribution in [-0.2, 0) is 4.74 Å². The molecule has 9 heteroatoms. The molecule has 196 valence electrons. The van der Waals surface area contributed by atoms with Gasteiger partial charge in [-0.1, -0.05) is 12.1 Å². The van der Waals surface area contributed by atoms with Crippen molar-refractivity contribution in [3.8, 4) is 11.1 Å². The first-order valence-corrected chi connectivity index (χ1v) is 13.6. The van der Waals surface area contributed by atoms with Crippen LogP contribution >= 0.6 is 0 Å². The Bertz CT molecular complexity index is 1280. The Kier molecular flexibility index (Phi) is 6.73. The Morgan fingerprint density at radius 3 is 2.70 bits per heavy atom. The van der Waals surface area contributed by atoms with E-state index < -0.39 is 0 Å². The predicted octanol–water partition coefficient (Wildman–Crippen LogP) is 3.25. The molecule has 2 saturated heterocycles. The number of aromatic nitrogens is 3. The lowest BCUT2D eigenvalue weighted by Crippen LogP contribution is -2.26. The Hall–Kier alpha value is -3.17. The van der Waals surface area contributed by atoms with Crippen molar-refractivity contribution < 1.29 is 14.6 Å². The summed E-state index contributed by atoms with van der Waals surface area (Å²) in [5.41, 5.74) is 4.37. The van der Waals surface area contributed by atoms with Crippen molar-refractivity contribution in [3.05, 3.63) is 41.6 Å². The molecule has 6 rings (SSSR count). The lowest BCUT2D eigenvalue weighted by molar-refractivity contribution is 0.0699. The normalized spacial score (nSPS) is 20.5. The minimum absolute atomic E-state index is 0.00102. The second-order valence-electron chi connectivity index (χ2n) is 10.8. The molecule has 37 heavy (non-hydrogen) atoms. The number of nitrogens with zero attached hydrogens (tertiary/aromatic N) is 4. The van der Waals surface area contributed by atoms with Crippen molar-refractivity contribution in [2.24, 2.45) is 11.8 Å². The molecule has 4 heterocycles. The smallest absolute Gasteiger partial charge is 0.251 e. The van der Waals surface area contributed by atoms with Gasteiger partial charge in [-0.05, 0) is 62.1 Å². The van der Waals surface area contributed by atoms with Crippen molar-refractivity contribution >= 4 is 23.2 Å². The number of aliphatic hydroxyl groups is 1. The topological polar surface area (TPSA) is 104 Å². The highest BCUT2D eigenvalue weighted by Crippen LogP contribution is 2.32. The van der Waals surface area contributed by atoms with Crippen molar-refractivity contribution in [2.75, 3.05) is 49.7 Å². The molecule has 1 aromatic carbocycles. The fourth-order valence-electron chi connectivity index (χ4n) is 5.41. The molecule has 1 saturated carbocycles. The minimum atomic E-state index is -0.00102. The number of ether oxygens (including phenoxy) is 1. The molecule has 0 radical (unpaired) electrons. The van der Waals surface area contributed by atoms with E-state index in [4.69, 9.17) is 14.8 Å². The number of benzene rings is 1. The molecule has 1 atom stereocenters. The summed E-state index contributed by atoms with van der Waals surface area (Å²) < 4.78 is 7.42. The van der Waals surface area contributed by atoms with E-state index in [1.807, 2.05) is 29.8 Å². The van der Waals surface area contributed by atoms with Crippen LogP contribution in [0.25, 0.3) is 16.8 Å². The molecule has 3 aromatic rings. The molecule has 3 N–H and O–H groups in total. The molecule has 0 spiro atoms. The molecule has 2 aromatic heterocycles. The van der Waals surface area contributed by atoms with Gasteiger partial charge in [-0.15, -0.1) is 0 Å². The third-order valence-electron chi connectivity index (χ3n) is 7.93. The maximum atomic E-state index is 12.6. The van der Waals surface area contributed by atoms with Crippen LogP contribution in [0.15, 0.2) is 30.5 Å². The number of aliphatic hydroxyl groups excluding tert-OH is 1. The summed E-state index contributed by atoms with van der Waals surface area (Å²) in [5, 5.41) is 21.1. The number of carbonyl (C=O) groups excluding carboxylic acids is 1. The summed E-state index contributed by atoms with van der Waals surface area (Å²) in [7, 11) is 0. The van der Waals surface area contributed by atoms with E-state index in [-0.39, 0.29) is 18.4 Å². The second-order valence-corrected chi connectivity index (χ2v) is 10.8. The molecule has 0 unspecified atom stereocenters. The van der Waals surface area contributed by atoms with Crippen molar-refractivity contribution in [2.45, 2.75) is 45.1 Å². The lowest BCUT2D eigenvalue weighted by atomic mass is 10.0. The van der Waals surface area contributed by atoms with E-state index in [0.717, 1.165) is 98.9 Å². The van der Waals surface area contributed by atoms with Gasteiger partial charge in [0.15, 0.2) is 5.65 Å². The van der Waals surface area contributed by atoms with Gasteiger partial charge in [0.1, 0.15) is 11.6 Å². The number of nitrogens with one attached hydrogen (secondary N) is 2. The number of carbonyl (C=O) groups is 1. The van der Waals surface area contributed by atoms with Gasteiger partial charge in [-0.2, -0.15) is 9.61 Å². The first-order chi connectivity index (χ1) is 18.1. The van der Waals surface area contributed by atoms with Crippen LogP contribution in [0.2, 0.25) is 0 Å². The van der Waals surface area contributed by atoms with Gasteiger partial charge < -0.3 is 25.4 Å². The highest BCUT2D eigenvalue weighted by atomic mass is 16.5. The standard InChI is InChI=1S/C28H36N6O3/c1-18-12-21(2-5-23(18)28(36)31-22-3-4-22)24-15-30-34-25(29-14-19-7-10-37-11-8-19)13-26(32-27(24)34)33-9-6-20(16-33)17-35/h2,5,12-13,15,19-20,22,29,35H,3-4,6-11,14,16-17H2,1H3,(H,31,36)/t20-/m0/s1. The van der Waals surface area contributed by atoms with Gasteiger partial charge in [0.05, 0.1) is 6.20 Å². The summed E-state index contributed by atoms with van der Waals surface area (Å²) in [5.74, 6) is 2.66. The Morgan fingerprint density at radius 1 is 1.14 bits per heavy atom. The first kappa shape index (κ1) is 24.2. The van der Waals surface area contributed by atoms with Crippen LogP contribution in [0.5, 0.6) is 0 Å². The molecule has 3 fully saturated rings. The maximum Gasteiger partial charge on any atom is 0.251 e. The molecule has 3 aliphatic rings.